The predicted octanol–water partition coefficient (Wildman–Crippen LogP) is 10.8. The fourth-order valence-electron chi connectivity index (χ4n) is 8.53. The molecule has 0 aliphatic heterocycles. The summed E-state index contributed by atoms with van der Waals surface area (Å²) in [5, 5.41) is 6.12. The first-order chi connectivity index (χ1) is 29.1. The fourth-order valence-corrected chi connectivity index (χ4v) is 12.6. The van der Waals surface area contributed by atoms with Crippen LogP contribution in [0.4, 0.5) is 0 Å². The van der Waals surface area contributed by atoms with Crippen molar-refractivity contribution in [2.45, 2.75) is 83.4 Å². The molecule has 0 spiro atoms. The lowest BCUT2D eigenvalue weighted by Crippen LogP contribution is -2.74. The summed E-state index contributed by atoms with van der Waals surface area (Å²) in [6.45, 7) is 10.2. The van der Waals surface area contributed by atoms with Crippen molar-refractivity contribution in [2.75, 3.05) is 19.4 Å². The van der Waals surface area contributed by atoms with Gasteiger partial charge in [0.05, 0.1) is 18.4 Å². The average Bonchev–Trinajstić information content (AvgIpc) is 3.58. The number of sulfonamides is 1. The molecule has 0 bridgehead atoms. The van der Waals surface area contributed by atoms with Gasteiger partial charge in [-0.1, -0.05) is 143 Å². The molecule has 0 radical (unpaired) electrons. The van der Waals surface area contributed by atoms with Gasteiger partial charge in [-0.05, 0) is 77.2 Å². The maximum Gasteiger partial charge on any atom is 0.214 e. The van der Waals surface area contributed by atoms with Crippen LogP contribution in [-0.4, -0.2) is 56.5 Å². The van der Waals surface area contributed by atoms with E-state index in [-0.39, 0.29) is 19.8 Å². The highest BCUT2D eigenvalue weighted by molar-refractivity contribution is 7.88. The van der Waals surface area contributed by atoms with E-state index in [1.54, 1.807) is 0 Å². The highest BCUT2D eigenvalue weighted by Gasteiger charge is 2.61. The highest BCUT2D eigenvalue weighted by Crippen LogP contribution is 2.46. The highest BCUT2D eigenvalue weighted by atomic mass is 32.2. The first-order valence-corrected chi connectivity index (χ1v) is 25.7. The molecule has 0 fully saturated rings. The maximum atomic E-state index is 14.5. The number of para-hydroxylation sites is 1. The lowest BCUT2D eigenvalue weighted by molar-refractivity contribution is -0.196. The number of nitrogens with one attached hydrogen (secondary N) is 1. The second kappa shape index (κ2) is 18.8. The quantitative estimate of drug-likeness (QED) is 0.0468. The third kappa shape index (κ3) is 9.10. The third-order valence-electron chi connectivity index (χ3n) is 12.1. The Balaban J connectivity index is 1.29. The van der Waals surface area contributed by atoms with E-state index in [1.165, 1.54) is 32.4 Å². The van der Waals surface area contributed by atoms with Gasteiger partial charge in [-0.25, -0.2) is 8.42 Å². The standard InChI is InChI=1S/C50H59N3O5SSi/c1-6-40-31-32-49(57-39-43-25-17-12-18-26-43,50(36-40,58-60(7-2,8-3)9-4)53(59(5,54)55)38-42-23-15-11-16-24-42)51-33-34-56-44-29-30-46-45-27-19-20-28-47(45)52(48(46)35-44)37-41-21-13-10-14-22-41/h10-32,35-36,51H,6-9,33-34,37-39H2,1-5H3/t49?,50-/m1/s1. The molecule has 1 N–H and O–H groups in total. The monoisotopic (exact) mass is 841 g/mol. The Hall–Kier alpha value is -4.81. The molecular weight excluding hydrogens is 783 g/mol. The number of aromatic nitrogens is 1. The Labute approximate surface area is 357 Å². The van der Waals surface area contributed by atoms with Crippen molar-refractivity contribution in [3.8, 4) is 5.75 Å². The van der Waals surface area contributed by atoms with Crippen LogP contribution in [0.5, 0.6) is 5.75 Å². The van der Waals surface area contributed by atoms with Crippen molar-refractivity contribution >= 4 is 40.1 Å². The van der Waals surface area contributed by atoms with Gasteiger partial charge in [-0.15, -0.1) is 0 Å². The largest absolute Gasteiger partial charge is 0.492 e. The van der Waals surface area contributed by atoms with Gasteiger partial charge in [0.25, 0.3) is 0 Å². The van der Waals surface area contributed by atoms with Crippen molar-refractivity contribution in [1.29, 1.82) is 0 Å². The predicted molar refractivity (Wildman–Crippen MR) is 248 cm³/mol. The second-order valence-corrected chi connectivity index (χ2v) is 22.4. The van der Waals surface area contributed by atoms with E-state index in [2.05, 4.69) is 104 Å². The number of fused-ring (bicyclic) bond motifs is 3. The molecule has 10 heteroatoms. The molecule has 2 atom stereocenters. The Morgan fingerprint density at radius 1 is 0.717 bits per heavy atom. The van der Waals surface area contributed by atoms with Gasteiger partial charge in [-0.2, -0.15) is 4.31 Å². The van der Waals surface area contributed by atoms with E-state index in [1.807, 2.05) is 84.9 Å². The minimum Gasteiger partial charge on any atom is -0.492 e. The molecule has 0 saturated heterocycles. The number of hydrogen-bond donors (Lipinski definition) is 1. The Bertz CT molecular complexity index is 2510. The van der Waals surface area contributed by atoms with Crippen LogP contribution in [0.15, 0.2) is 157 Å². The van der Waals surface area contributed by atoms with Gasteiger partial charge in [0.15, 0.2) is 19.8 Å². The van der Waals surface area contributed by atoms with Gasteiger partial charge in [-0.3, -0.25) is 5.32 Å². The molecule has 60 heavy (non-hydrogen) atoms. The summed E-state index contributed by atoms with van der Waals surface area (Å²) in [5.41, 5.74) is 3.23. The molecule has 314 valence electrons. The first-order valence-electron chi connectivity index (χ1n) is 21.3. The molecule has 8 nitrogen and oxygen atoms in total. The number of nitrogens with zero attached hydrogens (tertiary/aromatic N) is 2. The second-order valence-electron chi connectivity index (χ2n) is 15.8. The maximum absolute atomic E-state index is 14.5. The minimum absolute atomic E-state index is 0.0915. The zero-order valence-corrected chi connectivity index (χ0v) is 37.5. The van der Waals surface area contributed by atoms with Crippen molar-refractivity contribution in [3.63, 3.8) is 0 Å². The molecule has 0 saturated carbocycles. The molecular formula is C50H59N3O5SSi. The molecule has 1 aromatic heterocycles. The van der Waals surface area contributed by atoms with Crippen LogP contribution in [0.1, 0.15) is 50.8 Å². The van der Waals surface area contributed by atoms with Crippen molar-refractivity contribution in [3.05, 3.63) is 174 Å². The zero-order chi connectivity index (χ0) is 42.2. The van der Waals surface area contributed by atoms with Crippen LogP contribution in [0.2, 0.25) is 18.1 Å². The van der Waals surface area contributed by atoms with Crippen molar-refractivity contribution < 1.29 is 22.3 Å². The minimum atomic E-state index is -3.94. The number of benzene rings is 5. The zero-order valence-electron chi connectivity index (χ0n) is 35.6. The van der Waals surface area contributed by atoms with Gasteiger partial charge in [0.1, 0.15) is 12.4 Å². The van der Waals surface area contributed by atoms with Crippen LogP contribution in [0.25, 0.3) is 21.8 Å². The molecule has 0 amide bonds. The third-order valence-corrected chi connectivity index (χ3v) is 17.9. The first kappa shape index (κ1) is 43.3. The van der Waals surface area contributed by atoms with Crippen LogP contribution in [-0.2, 0) is 38.9 Å². The Kier molecular flexibility index (Phi) is 13.6. The van der Waals surface area contributed by atoms with Crippen LogP contribution in [0.3, 0.4) is 0 Å². The Morgan fingerprint density at radius 3 is 1.95 bits per heavy atom. The normalized spacial score (nSPS) is 18.3. The summed E-state index contributed by atoms with van der Waals surface area (Å²) in [6, 6.07) is 47.5. The fraction of sp³-hybridized carbons (Fsp3) is 0.320. The molecule has 5 aromatic carbocycles. The van der Waals surface area contributed by atoms with Gasteiger partial charge in [0, 0.05) is 42.0 Å². The van der Waals surface area contributed by atoms with E-state index in [9.17, 15) is 8.42 Å². The SMILES string of the molecule is CCC1=C[C@](O[Si](CC)(CC)CC)(N(Cc2ccccc2)S(C)(=O)=O)C(NCCOc2ccc3c4ccccc4n(Cc4ccccc4)c3c2)(OCc2ccccc2)C=C1. The number of allylic oxidation sites excluding steroid dienone is 2. The summed E-state index contributed by atoms with van der Waals surface area (Å²) in [5.74, 6) is 0.742. The molecule has 1 heterocycles. The van der Waals surface area contributed by atoms with E-state index < -0.39 is 29.8 Å². The van der Waals surface area contributed by atoms with Gasteiger partial charge in [0.2, 0.25) is 10.0 Å². The summed E-state index contributed by atoms with van der Waals surface area (Å²) in [6.07, 6.45) is 8.04. The van der Waals surface area contributed by atoms with E-state index >= 15 is 0 Å². The molecule has 6 aromatic rings. The van der Waals surface area contributed by atoms with Crippen LogP contribution < -0.4 is 10.1 Å². The number of hydrogen-bond acceptors (Lipinski definition) is 6. The Morgan fingerprint density at radius 2 is 1.32 bits per heavy atom. The smallest absolute Gasteiger partial charge is 0.214 e. The summed E-state index contributed by atoms with van der Waals surface area (Å²) in [7, 11) is -6.53. The number of ether oxygens (including phenoxy) is 2. The average molecular weight is 842 g/mol. The molecule has 1 unspecified atom stereocenters. The molecule has 1 aliphatic rings. The lowest BCUT2D eigenvalue weighted by Gasteiger charge is -2.56. The number of rotatable bonds is 20. The van der Waals surface area contributed by atoms with Crippen molar-refractivity contribution in [2.24, 2.45) is 0 Å². The van der Waals surface area contributed by atoms with E-state index in [0.717, 1.165) is 52.6 Å². The van der Waals surface area contributed by atoms with Crippen molar-refractivity contribution in [1.82, 2.24) is 14.2 Å². The van der Waals surface area contributed by atoms with Crippen LogP contribution in [0, 0.1) is 0 Å². The van der Waals surface area contributed by atoms with E-state index in [4.69, 9.17) is 13.9 Å². The van der Waals surface area contributed by atoms with Gasteiger partial charge >= 0.3 is 0 Å². The topological polar surface area (TPSA) is 82.0 Å². The summed E-state index contributed by atoms with van der Waals surface area (Å²) in [4.78, 5) is 0. The van der Waals surface area contributed by atoms with Gasteiger partial charge < -0.3 is 18.5 Å². The van der Waals surface area contributed by atoms with E-state index in [0.29, 0.717) is 13.0 Å². The summed E-state index contributed by atoms with van der Waals surface area (Å²) >= 11 is 0. The molecule has 1 aliphatic carbocycles. The summed E-state index contributed by atoms with van der Waals surface area (Å²) < 4.78 is 54.3. The molecule has 7 rings (SSSR count). The van der Waals surface area contributed by atoms with Crippen LogP contribution >= 0.6 is 0 Å². The lowest BCUT2D eigenvalue weighted by atomic mass is 9.88.